The first kappa shape index (κ1) is 29.1. The Morgan fingerprint density at radius 1 is 1.21 bits per heavy atom. The lowest BCUT2D eigenvalue weighted by Gasteiger charge is -2.41. The lowest BCUT2D eigenvalue weighted by molar-refractivity contribution is -0.126. The SMILES string of the molecule is C=CC(=O)N1CCN(c2nc(=O)n(-c3c(C)ccnc3C(C)C)c3nc(-c4ccccc4C=O)c(Cl)cc23)[C@@H](CF)C1. The van der Waals surface area contributed by atoms with E-state index in [4.69, 9.17) is 16.6 Å². The predicted octanol–water partition coefficient (Wildman–Crippen LogP) is 4.91. The van der Waals surface area contributed by atoms with E-state index >= 15 is 0 Å². The van der Waals surface area contributed by atoms with Gasteiger partial charge in [0.2, 0.25) is 5.91 Å². The summed E-state index contributed by atoms with van der Waals surface area (Å²) in [5.74, 6) is -0.106. The Bertz CT molecular complexity index is 1770. The van der Waals surface area contributed by atoms with Gasteiger partial charge < -0.3 is 9.80 Å². The number of piperazine rings is 1. The number of hydrogen-bond donors (Lipinski definition) is 0. The maximum atomic E-state index is 14.4. The molecule has 4 aromatic rings. The second-order valence-electron chi connectivity index (χ2n) is 10.5. The topological polar surface area (TPSA) is 101 Å². The van der Waals surface area contributed by atoms with E-state index in [1.807, 2.05) is 20.8 Å². The van der Waals surface area contributed by atoms with Crippen molar-refractivity contribution in [1.82, 2.24) is 24.4 Å². The van der Waals surface area contributed by atoms with E-state index in [1.165, 1.54) is 15.5 Å². The molecular formula is C31H30ClFN6O3. The number of alkyl halides is 1. The van der Waals surface area contributed by atoms with Crippen molar-refractivity contribution >= 4 is 40.6 Å². The van der Waals surface area contributed by atoms with Crippen molar-refractivity contribution in [3.8, 4) is 16.9 Å². The maximum absolute atomic E-state index is 14.4. The van der Waals surface area contributed by atoms with Crippen molar-refractivity contribution in [3.63, 3.8) is 0 Å². The summed E-state index contributed by atoms with van der Waals surface area (Å²) < 4.78 is 15.9. The average Bonchev–Trinajstić information content (AvgIpc) is 3.00. The van der Waals surface area contributed by atoms with Gasteiger partial charge in [-0.15, -0.1) is 0 Å². The second kappa shape index (κ2) is 11.8. The van der Waals surface area contributed by atoms with Crippen molar-refractivity contribution in [2.75, 3.05) is 31.2 Å². The Labute approximate surface area is 247 Å². The molecule has 1 fully saturated rings. The number of carbonyl (C=O) groups is 2. The minimum Gasteiger partial charge on any atom is -0.347 e. The van der Waals surface area contributed by atoms with Crippen LogP contribution in [0, 0.1) is 6.92 Å². The molecule has 42 heavy (non-hydrogen) atoms. The van der Waals surface area contributed by atoms with Gasteiger partial charge in [0.05, 0.1) is 33.5 Å². The van der Waals surface area contributed by atoms with Crippen molar-refractivity contribution in [3.05, 3.63) is 87.6 Å². The second-order valence-corrected chi connectivity index (χ2v) is 10.9. The van der Waals surface area contributed by atoms with Crippen LogP contribution in [-0.4, -0.2) is 69.0 Å². The van der Waals surface area contributed by atoms with Gasteiger partial charge in [-0.3, -0.25) is 14.6 Å². The standard InChI is InChI=1S/C31H30ClFN6O3/c1-5-25(41)37-12-13-38(21(15-33)16-37)29-23-14-24(32)27(22-9-7-6-8-20(22)17-40)35-30(23)39(31(42)36-29)28-19(4)10-11-34-26(28)18(2)3/h5-11,14,17-18,21H,1,12-13,15-16H2,2-4H3/t21-/m0/s1. The first-order chi connectivity index (χ1) is 20.2. The predicted molar refractivity (Wildman–Crippen MR) is 161 cm³/mol. The van der Waals surface area contributed by atoms with Crippen LogP contribution in [0.5, 0.6) is 0 Å². The van der Waals surface area contributed by atoms with Crippen LogP contribution < -0.4 is 10.6 Å². The number of hydrogen-bond acceptors (Lipinski definition) is 7. The number of aryl methyl sites for hydroxylation is 1. The van der Waals surface area contributed by atoms with Gasteiger partial charge in [0, 0.05) is 37.0 Å². The molecule has 1 aliphatic rings. The van der Waals surface area contributed by atoms with Crippen LogP contribution in [-0.2, 0) is 4.79 Å². The van der Waals surface area contributed by atoms with Crippen LogP contribution in [0.1, 0.15) is 41.4 Å². The molecule has 0 bridgehead atoms. The fourth-order valence-corrected chi connectivity index (χ4v) is 5.66. The lowest BCUT2D eigenvalue weighted by Crippen LogP contribution is -2.56. The van der Waals surface area contributed by atoms with Crippen LogP contribution in [0.3, 0.4) is 0 Å². The van der Waals surface area contributed by atoms with Gasteiger partial charge in [0.25, 0.3) is 0 Å². The summed E-state index contributed by atoms with van der Waals surface area (Å²) in [5.41, 5.74) is 2.83. The molecule has 216 valence electrons. The summed E-state index contributed by atoms with van der Waals surface area (Å²) in [7, 11) is 0. The molecule has 3 aromatic heterocycles. The highest BCUT2D eigenvalue weighted by Crippen LogP contribution is 2.36. The number of fused-ring (bicyclic) bond motifs is 1. The Kier molecular flexibility index (Phi) is 8.17. The molecule has 4 heterocycles. The number of anilines is 1. The molecule has 1 aliphatic heterocycles. The van der Waals surface area contributed by atoms with Crippen LogP contribution >= 0.6 is 11.6 Å². The monoisotopic (exact) mass is 588 g/mol. The van der Waals surface area contributed by atoms with Gasteiger partial charge in [-0.25, -0.2) is 18.7 Å². The first-order valence-corrected chi connectivity index (χ1v) is 14.0. The first-order valence-electron chi connectivity index (χ1n) is 13.6. The summed E-state index contributed by atoms with van der Waals surface area (Å²) in [4.78, 5) is 55.3. The van der Waals surface area contributed by atoms with Crippen molar-refractivity contribution in [1.29, 1.82) is 0 Å². The average molecular weight is 589 g/mol. The smallest absolute Gasteiger partial charge is 0.347 e. The zero-order valence-electron chi connectivity index (χ0n) is 23.6. The number of aromatic nitrogens is 4. The Morgan fingerprint density at radius 3 is 2.67 bits per heavy atom. The minimum atomic E-state index is -0.779. The quantitative estimate of drug-likeness (QED) is 0.223. The van der Waals surface area contributed by atoms with E-state index in [1.54, 1.807) is 47.5 Å². The number of rotatable bonds is 7. The third-order valence-corrected chi connectivity index (χ3v) is 7.78. The van der Waals surface area contributed by atoms with E-state index in [0.29, 0.717) is 40.1 Å². The fraction of sp³-hybridized carbons (Fsp3) is 0.290. The molecule has 11 heteroatoms. The molecule has 0 unspecified atom stereocenters. The highest BCUT2D eigenvalue weighted by molar-refractivity contribution is 6.34. The summed E-state index contributed by atoms with van der Waals surface area (Å²) in [6, 6.07) is 9.60. The van der Waals surface area contributed by atoms with Crippen molar-refractivity contribution in [2.24, 2.45) is 0 Å². The van der Waals surface area contributed by atoms with E-state index in [-0.39, 0.29) is 41.4 Å². The van der Waals surface area contributed by atoms with Gasteiger partial charge >= 0.3 is 5.69 Å². The third-order valence-electron chi connectivity index (χ3n) is 7.49. The number of pyridine rings is 2. The molecule has 1 aromatic carbocycles. The van der Waals surface area contributed by atoms with Gasteiger partial charge in [-0.1, -0.05) is 56.3 Å². The van der Waals surface area contributed by atoms with Gasteiger partial charge in [-0.2, -0.15) is 4.98 Å². The third kappa shape index (κ3) is 5.07. The number of carbonyl (C=O) groups excluding carboxylic acids is 2. The summed E-state index contributed by atoms with van der Waals surface area (Å²) in [6.45, 7) is 9.21. The number of benzene rings is 1. The van der Waals surface area contributed by atoms with Gasteiger partial charge in [-0.05, 0) is 36.6 Å². The molecule has 0 saturated carbocycles. The maximum Gasteiger partial charge on any atom is 0.355 e. The van der Waals surface area contributed by atoms with Crippen molar-refractivity contribution in [2.45, 2.75) is 32.7 Å². The largest absolute Gasteiger partial charge is 0.355 e. The molecule has 9 nitrogen and oxygen atoms in total. The van der Waals surface area contributed by atoms with Crippen molar-refractivity contribution < 1.29 is 14.0 Å². The molecular weight excluding hydrogens is 559 g/mol. The number of aldehydes is 1. The van der Waals surface area contributed by atoms with Crippen LogP contribution in [0.15, 0.2) is 60.0 Å². The zero-order chi connectivity index (χ0) is 30.1. The summed E-state index contributed by atoms with van der Waals surface area (Å²) >= 11 is 6.82. The molecule has 1 saturated heterocycles. The number of amides is 1. The van der Waals surface area contributed by atoms with E-state index in [0.717, 1.165) is 11.8 Å². The Morgan fingerprint density at radius 2 is 1.98 bits per heavy atom. The molecule has 1 amide bonds. The van der Waals surface area contributed by atoms with Crippen LogP contribution in [0.4, 0.5) is 10.2 Å². The lowest BCUT2D eigenvalue weighted by atomic mass is 10.0. The Hall–Kier alpha value is -4.44. The number of nitrogens with zero attached hydrogens (tertiary/aromatic N) is 6. The van der Waals surface area contributed by atoms with E-state index in [9.17, 15) is 18.8 Å². The molecule has 5 rings (SSSR count). The van der Waals surface area contributed by atoms with Gasteiger partial charge in [0.1, 0.15) is 12.5 Å². The van der Waals surface area contributed by atoms with Gasteiger partial charge in [0.15, 0.2) is 11.9 Å². The highest BCUT2D eigenvalue weighted by Gasteiger charge is 2.32. The zero-order valence-corrected chi connectivity index (χ0v) is 24.3. The fourth-order valence-electron chi connectivity index (χ4n) is 5.41. The minimum absolute atomic E-state index is 0.0320. The van der Waals surface area contributed by atoms with E-state index < -0.39 is 18.4 Å². The van der Waals surface area contributed by atoms with Crippen LogP contribution in [0.2, 0.25) is 5.02 Å². The molecule has 1 atom stereocenters. The van der Waals surface area contributed by atoms with E-state index in [2.05, 4.69) is 16.5 Å². The highest BCUT2D eigenvalue weighted by atomic mass is 35.5. The molecule has 0 radical (unpaired) electrons. The molecule has 0 N–H and O–H groups in total. The summed E-state index contributed by atoms with van der Waals surface area (Å²) in [5, 5.41) is 0.654. The normalized spacial score (nSPS) is 15.3. The van der Waals surface area contributed by atoms with Crippen LogP contribution in [0.25, 0.3) is 28.0 Å². The molecule has 0 spiro atoms. The summed E-state index contributed by atoms with van der Waals surface area (Å²) in [6.07, 6.45) is 3.61. The number of halogens is 2. The Balaban J connectivity index is 1.83. The molecule has 0 aliphatic carbocycles.